The van der Waals surface area contributed by atoms with Crippen molar-refractivity contribution in [3.05, 3.63) is 21.9 Å². The van der Waals surface area contributed by atoms with E-state index in [1.54, 1.807) is 11.3 Å². The number of carbonyl (C=O) groups excluding carboxylic acids is 1. The summed E-state index contributed by atoms with van der Waals surface area (Å²) < 4.78 is 0. The van der Waals surface area contributed by atoms with Crippen molar-refractivity contribution in [3.8, 4) is 0 Å². The van der Waals surface area contributed by atoms with Crippen LogP contribution >= 0.6 is 27.3 Å². The van der Waals surface area contributed by atoms with Gasteiger partial charge in [0.1, 0.15) is 0 Å². The van der Waals surface area contributed by atoms with Crippen LogP contribution < -0.4 is 5.32 Å². The van der Waals surface area contributed by atoms with Crippen molar-refractivity contribution in [2.75, 3.05) is 5.33 Å². The molecule has 78 valence electrons. The molecule has 2 nitrogen and oxygen atoms in total. The molecule has 0 radical (unpaired) electrons. The first kappa shape index (κ1) is 11.7. The molecular formula is C10H14BrNOS. The monoisotopic (exact) mass is 275 g/mol. The molecule has 4 heteroatoms. The summed E-state index contributed by atoms with van der Waals surface area (Å²) in [6.45, 7) is 5.93. The number of aryl methyl sites for hydroxylation is 1. The summed E-state index contributed by atoms with van der Waals surface area (Å²) in [5, 5.41) is 7.58. The first-order valence-electron chi connectivity index (χ1n) is 4.37. The van der Waals surface area contributed by atoms with Crippen molar-refractivity contribution >= 4 is 33.2 Å². The molecule has 1 rings (SSSR count). The van der Waals surface area contributed by atoms with Gasteiger partial charge in [-0.05, 0) is 31.7 Å². The standard InChI is InChI=1S/C10H14BrNOS/c1-7-4-14-5-8(7)9(13)12-10(2,3)6-11/h4-5H,6H2,1-3H3,(H,12,13). The molecule has 1 aromatic rings. The summed E-state index contributed by atoms with van der Waals surface area (Å²) in [5.74, 6) is 0.00759. The highest BCUT2D eigenvalue weighted by atomic mass is 79.9. The highest BCUT2D eigenvalue weighted by molar-refractivity contribution is 9.09. The SMILES string of the molecule is Cc1cscc1C(=O)NC(C)(C)CBr. The van der Waals surface area contributed by atoms with E-state index in [2.05, 4.69) is 21.2 Å². The minimum Gasteiger partial charge on any atom is -0.346 e. The lowest BCUT2D eigenvalue weighted by molar-refractivity contribution is 0.0921. The molecule has 1 amide bonds. The second-order valence-electron chi connectivity index (χ2n) is 3.94. The van der Waals surface area contributed by atoms with Gasteiger partial charge in [0.15, 0.2) is 0 Å². The maximum atomic E-state index is 11.8. The summed E-state index contributed by atoms with van der Waals surface area (Å²) >= 11 is 4.92. The molecule has 0 bridgehead atoms. The van der Waals surface area contributed by atoms with Crippen molar-refractivity contribution in [1.29, 1.82) is 0 Å². The summed E-state index contributed by atoms with van der Waals surface area (Å²) in [6, 6.07) is 0. The molecule has 0 unspecified atom stereocenters. The van der Waals surface area contributed by atoms with Crippen LogP contribution in [0, 0.1) is 6.92 Å². The number of thiophene rings is 1. The number of alkyl halides is 1. The van der Waals surface area contributed by atoms with Gasteiger partial charge in [0.2, 0.25) is 0 Å². The lowest BCUT2D eigenvalue weighted by Crippen LogP contribution is -2.44. The van der Waals surface area contributed by atoms with E-state index in [9.17, 15) is 4.79 Å². The van der Waals surface area contributed by atoms with Crippen LogP contribution in [0.3, 0.4) is 0 Å². The molecule has 1 N–H and O–H groups in total. The van der Waals surface area contributed by atoms with Crippen LogP contribution in [0.25, 0.3) is 0 Å². The average Bonchev–Trinajstić information content (AvgIpc) is 2.51. The van der Waals surface area contributed by atoms with E-state index in [1.807, 2.05) is 31.5 Å². The van der Waals surface area contributed by atoms with Crippen molar-refractivity contribution in [3.63, 3.8) is 0 Å². The van der Waals surface area contributed by atoms with Gasteiger partial charge < -0.3 is 5.32 Å². The molecule has 0 aliphatic rings. The number of hydrogen-bond donors (Lipinski definition) is 1. The van der Waals surface area contributed by atoms with Gasteiger partial charge in [-0.25, -0.2) is 0 Å². The number of carbonyl (C=O) groups is 1. The predicted octanol–water partition coefficient (Wildman–Crippen LogP) is 2.96. The Kier molecular flexibility index (Phi) is 3.72. The molecule has 0 saturated carbocycles. The zero-order chi connectivity index (χ0) is 10.8. The van der Waals surface area contributed by atoms with E-state index in [0.717, 1.165) is 16.5 Å². The molecule has 0 spiro atoms. The van der Waals surface area contributed by atoms with E-state index in [1.165, 1.54) is 0 Å². The smallest absolute Gasteiger partial charge is 0.252 e. The maximum absolute atomic E-state index is 11.8. The fraction of sp³-hybridized carbons (Fsp3) is 0.500. The van der Waals surface area contributed by atoms with Gasteiger partial charge in [0.25, 0.3) is 5.91 Å². The number of nitrogens with one attached hydrogen (secondary N) is 1. The Balaban J connectivity index is 2.73. The number of halogens is 1. The van der Waals surface area contributed by atoms with Crippen molar-refractivity contribution in [1.82, 2.24) is 5.32 Å². The second kappa shape index (κ2) is 4.45. The zero-order valence-corrected chi connectivity index (χ0v) is 11.0. The third-order valence-corrected chi connectivity index (χ3v) is 4.15. The Labute approximate surface area is 96.8 Å². The molecule has 0 aliphatic heterocycles. The largest absolute Gasteiger partial charge is 0.346 e. The van der Waals surface area contributed by atoms with Gasteiger partial charge in [-0.2, -0.15) is 11.3 Å². The predicted molar refractivity (Wildman–Crippen MR) is 64.4 cm³/mol. The van der Waals surface area contributed by atoms with Crippen LogP contribution in [-0.4, -0.2) is 16.8 Å². The van der Waals surface area contributed by atoms with E-state index in [4.69, 9.17) is 0 Å². The van der Waals surface area contributed by atoms with Gasteiger partial charge in [0, 0.05) is 16.2 Å². The fourth-order valence-corrected chi connectivity index (χ4v) is 1.97. The van der Waals surface area contributed by atoms with Crippen LogP contribution in [0.5, 0.6) is 0 Å². The van der Waals surface area contributed by atoms with E-state index in [0.29, 0.717) is 0 Å². The molecule has 0 aliphatic carbocycles. The third-order valence-electron chi connectivity index (χ3n) is 1.89. The minimum atomic E-state index is -0.203. The normalized spacial score (nSPS) is 11.4. The lowest BCUT2D eigenvalue weighted by Gasteiger charge is -2.23. The highest BCUT2D eigenvalue weighted by Crippen LogP contribution is 2.15. The van der Waals surface area contributed by atoms with Crippen LogP contribution in [0.15, 0.2) is 10.8 Å². The van der Waals surface area contributed by atoms with Crippen LogP contribution in [0.2, 0.25) is 0 Å². The van der Waals surface area contributed by atoms with Crippen molar-refractivity contribution in [2.45, 2.75) is 26.3 Å². The van der Waals surface area contributed by atoms with E-state index < -0.39 is 0 Å². The molecule has 0 fully saturated rings. The number of amides is 1. The Bertz CT molecular complexity index is 333. The van der Waals surface area contributed by atoms with Gasteiger partial charge >= 0.3 is 0 Å². The molecular weight excluding hydrogens is 262 g/mol. The quantitative estimate of drug-likeness (QED) is 0.845. The third kappa shape index (κ3) is 2.82. The number of rotatable bonds is 3. The molecule has 0 atom stereocenters. The lowest BCUT2D eigenvalue weighted by atomic mass is 10.1. The van der Waals surface area contributed by atoms with Crippen LogP contribution in [-0.2, 0) is 0 Å². The molecule has 14 heavy (non-hydrogen) atoms. The first-order chi connectivity index (χ1) is 6.46. The molecule has 1 aromatic heterocycles. The molecule has 0 aromatic carbocycles. The first-order valence-corrected chi connectivity index (χ1v) is 6.44. The Morgan fingerprint density at radius 3 is 2.64 bits per heavy atom. The van der Waals surface area contributed by atoms with Gasteiger partial charge in [-0.3, -0.25) is 4.79 Å². The maximum Gasteiger partial charge on any atom is 0.252 e. The fourth-order valence-electron chi connectivity index (χ4n) is 1.00. The van der Waals surface area contributed by atoms with Crippen molar-refractivity contribution in [2.24, 2.45) is 0 Å². The summed E-state index contributed by atoms with van der Waals surface area (Å²) in [7, 11) is 0. The van der Waals surface area contributed by atoms with E-state index in [-0.39, 0.29) is 11.4 Å². The van der Waals surface area contributed by atoms with Gasteiger partial charge in [-0.15, -0.1) is 0 Å². The molecule has 1 heterocycles. The Morgan fingerprint density at radius 2 is 2.21 bits per heavy atom. The topological polar surface area (TPSA) is 29.1 Å². The van der Waals surface area contributed by atoms with Crippen molar-refractivity contribution < 1.29 is 4.79 Å². The summed E-state index contributed by atoms with van der Waals surface area (Å²) in [4.78, 5) is 11.8. The van der Waals surface area contributed by atoms with Crippen LogP contribution in [0.1, 0.15) is 29.8 Å². The summed E-state index contributed by atoms with van der Waals surface area (Å²) in [6.07, 6.45) is 0. The average molecular weight is 276 g/mol. The van der Waals surface area contributed by atoms with Crippen LogP contribution in [0.4, 0.5) is 0 Å². The highest BCUT2D eigenvalue weighted by Gasteiger charge is 2.20. The Morgan fingerprint density at radius 1 is 1.57 bits per heavy atom. The summed E-state index contributed by atoms with van der Waals surface area (Å²) in [5.41, 5.74) is 1.62. The van der Waals surface area contributed by atoms with Gasteiger partial charge in [0.05, 0.1) is 5.56 Å². The van der Waals surface area contributed by atoms with Gasteiger partial charge in [-0.1, -0.05) is 15.9 Å². The molecule has 0 saturated heterocycles. The Hall–Kier alpha value is -0.350. The van der Waals surface area contributed by atoms with E-state index >= 15 is 0 Å². The minimum absolute atomic E-state index is 0.00759. The second-order valence-corrected chi connectivity index (χ2v) is 5.24. The zero-order valence-electron chi connectivity index (χ0n) is 8.56. The number of hydrogen-bond acceptors (Lipinski definition) is 2.